The van der Waals surface area contributed by atoms with Crippen molar-refractivity contribution in [1.82, 2.24) is 0 Å². The minimum atomic E-state index is 0.719. The summed E-state index contributed by atoms with van der Waals surface area (Å²) in [5, 5.41) is 0. The van der Waals surface area contributed by atoms with Gasteiger partial charge in [-0.3, -0.25) is 0 Å². The van der Waals surface area contributed by atoms with Gasteiger partial charge in [0.1, 0.15) is 0 Å². The normalized spacial score (nSPS) is 13.6. The van der Waals surface area contributed by atoms with E-state index >= 15 is 0 Å². The first-order valence-corrected chi connectivity index (χ1v) is 5.66. The van der Waals surface area contributed by atoms with Gasteiger partial charge in [-0.25, -0.2) is 0 Å². The molecule has 0 aliphatic carbocycles. The smallest absolute Gasteiger partial charge is 0.0136 e. The van der Waals surface area contributed by atoms with Gasteiger partial charge < -0.3 is 0 Å². The zero-order valence-electron chi connectivity index (χ0n) is 9.83. The summed E-state index contributed by atoms with van der Waals surface area (Å²) in [6.45, 7) is 9.25. The highest BCUT2D eigenvalue weighted by atomic mass is 14.2. The molecule has 1 rings (SSSR count). The predicted molar refractivity (Wildman–Crippen MR) is 63.5 cm³/mol. The van der Waals surface area contributed by atoms with Gasteiger partial charge in [0.2, 0.25) is 0 Å². The fourth-order valence-corrected chi connectivity index (χ4v) is 2.00. The van der Waals surface area contributed by atoms with E-state index < -0.39 is 0 Å². The molecule has 0 heteroatoms. The number of hydrogen-bond donors (Lipinski definition) is 0. The Bertz CT molecular complexity index is 246. The molecule has 0 aromatic heterocycles. The van der Waals surface area contributed by atoms with Gasteiger partial charge in [-0.15, -0.1) is 0 Å². The summed E-state index contributed by atoms with van der Waals surface area (Å²) in [5.41, 5.74) is 1.50. The topological polar surface area (TPSA) is 0 Å². The summed E-state index contributed by atoms with van der Waals surface area (Å²) >= 11 is 0. The van der Waals surface area contributed by atoms with Crippen molar-refractivity contribution in [3.05, 3.63) is 35.9 Å². The molecule has 0 unspecified atom stereocenters. The van der Waals surface area contributed by atoms with E-state index in [-0.39, 0.29) is 0 Å². The zero-order chi connectivity index (χ0) is 10.6. The highest BCUT2D eigenvalue weighted by Gasteiger charge is 2.16. The van der Waals surface area contributed by atoms with Crippen molar-refractivity contribution in [2.24, 2.45) is 11.8 Å². The minimum Gasteiger partial charge on any atom is -0.0628 e. The third-order valence-electron chi connectivity index (χ3n) is 2.76. The summed E-state index contributed by atoms with van der Waals surface area (Å²) in [7, 11) is 0. The van der Waals surface area contributed by atoms with Crippen LogP contribution >= 0.6 is 0 Å². The fourth-order valence-electron chi connectivity index (χ4n) is 2.00. The van der Waals surface area contributed by atoms with E-state index in [1.54, 1.807) is 0 Å². The van der Waals surface area contributed by atoms with Crippen LogP contribution in [0.1, 0.15) is 45.6 Å². The summed E-state index contributed by atoms with van der Waals surface area (Å²) < 4.78 is 0. The molecular weight excluding hydrogens is 168 g/mol. The molecule has 0 aliphatic heterocycles. The molecule has 0 nitrogen and oxygen atoms in total. The Morgan fingerprint density at radius 1 is 0.929 bits per heavy atom. The van der Waals surface area contributed by atoms with E-state index in [2.05, 4.69) is 58.0 Å². The van der Waals surface area contributed by atoms with Crippen LogP contribution in [0, 0.1) is 11.8 Å². The van der Waals surface area contributed by atoms with Crippen molar-refractivity contribution in [3.63, 3.8) is 0 Å². The average molecular weight is 190 g/mol. The van der Waals surface area contributed by atoms with Crippen LogP contribution in [0.2, 0.25) is 0 Å². The molecule has 14 heavy (non-hydrogen) atoms. The first-order valence-electron chi connectivity index (χ1n) is 5.66. The highest BCUT2D eigenvalue weighted by Crippen LogP contribution is 2.30. The van der Waals surface area contributed by atoms with Crippen molar-refractivity contribution in [3.8, 4) is 0 Å². The molecule has 0 heterocycles. The molecule has 0 amide bonds. The molecule has 0 fully saturated rings. The van der Waals surface area contributed by atoms with Gasteiger partial charge >= 0.3 is 0 Å². The first kappa shape index (κ1) is 11.3. The molecule has 0 aliphatic rings. The third kappa shape index (κ3) is 3.17. The number of hydrogen-bond acceptors (Lipinski definition) is 0. The fraction of sp³-hybridized carbons (Fsp3) is 0.571. The Morgan fingerprint density at radius 3 is 1.93 bits per heavy atom. The first-order chi connectivity index (χ1) is 6.61. The van der Waals surface area contributed by atoms with E-state index in [1.807, 2.05) is 0 Å². The molecule has 1 aromatic carbocycles. The lowest BCUT2D eigenvalue weighted by Gasteiger charge is -2.23. The molecular formula is C14H22. The quantitative estimate of drug-likeness (QED) is 0.657. The van der Waals surface area contributed by atoms with E-state index in [1.165, 1.54) is 12.0 Å². The lowest BCUT2D eigenvalue weighted by molar-refractivity contribution is 0.408. The molecule has 0 saturated carbocycles. The van der Waals surface area contributed by atoms with Gasteiger partial charge in [-0.05, 0) is 29.7 Å². The predicted octanol–water partition coefficient (Wildman–Crippen LogP) is 4.47. The Morgan fingerprint density at radius 2 is 1.50 bits per heavy atom. The second-order valence-electron chi connectivity index (χ2n) is 4.89. The molecule has 0 saturated heterocycles. The molecule has 0 N–H and O–H groups in total. The molecule has 1 aromatic rings. The maximum atomic E-state index is 2.32. The molecule has 78 valence electrons. The van der Waals surface area contributed by atoms with Crippen molar-refractivity contribution < 1.29 is 0 Å². The van der Waals surface area contributed by atoms with Crippen LogP contribution in [0.3, 0.4) is 0 Å². The average Bonchev–Trinajstić information content (AvgIpc) is 2.15. The Labute approximate surface area is 88.4 Å². The van der Waals surface area contributed by atoms with Crippen molar-refractivity contribution in [2.75, 3.05) is 0 Å². The van der Waals surface area contributed by atoms with Crippen LogP contribution in [0.4, 0.5) is 0 Å². The molecule has 0 bridgehead atoms. The summed E-state index contributed by atoms with van der Waals surface area (Å²) in [4.78, 5) is 0. The number of benzene rings is 1. The van der Waals surface area contributed by atoms with Crippen LogP contribution in [0.15, 0.2) is 30.3 Å². The Kier molecular flexibility index (Phi) is 4.19. The monoisotopic (exact) mass is 190 g/mol. The van der Waals surface area contributed by atoms with Gasteiger partial charge in [0.05, 0.1) is 0 Å². The van der Waals surface area contributed by atoms with Crippen molar-refractivity contribution in [1.29, 1.82) is 0 Å². The van der Waals surface area contributed by atoms with Gasteiger partial charge in [-0.2, -0.15) is 0 Å². The zero-order valence-corrected chi connectivity index (χ0v) is 9.83. The largest absolute Gasteiger partial charge is 0.0628 e. The summed E-state index contributed by atoms with van der Waals surface area (Å²) in [6, 6.07) is 10.9. The van der Waals surface area contributed by atoms with Gasteiger partial charge in [0.15, 0.2) is 0 Å². The third-order valence-corrected chi connectivity index (χ3v) is 2.76. The molecule has 1 atom stereocenters. The van der Waals surface area contributed by atoms with Gasteiger partial charge in [0, 0.05) is 0 Å². The van der Waals surface area contributed by atoms with E-state index in [4.69, 9.17) is 0 Å². The highest BCUT2D eigenvalue weighted by molar-refractivity contribution is 5.20. The Hall–Kier alpha value is -0.780. The maximum absolute atomic E-state index is 2.32. The van der Waals surface area contributed by atoms with E-state index in [0.29, 0.717) is 0 Å². The number of rotatable bonds is 4. The Balaban J connectivity index is 2.78. The van der Waals surface area contributed by atoms with E-state index in [9.17, 15) is 0 Å². The van der Waals surface area contributed by atoms with E-state index in [0.717, 1.165) is 17.8 Å². The van der Waals surface area contributed by atoms with Crippen molar-refractivity contribution in [2.45, 2.75) is 40.0 Å². The lowest BCUT2D eigenvalue weighted by Crippen LogP contribution is -2.09. The molecule has 0 radical (unpaired) electrons. The second-order valence-corrected chi connectivity index (χ2v) is 4.89. The van der Waals surface area contributed by atoms with Crippen LogP contribution in [-0.4, -0.2) is 0 Å². The van der Waals surface area contributed by atoms with Gasteiger partial charge in [-0.1, -0.05) is 58.0 Å². The molecule has 0 spiro atoms. The maximum Gasteiger partial charge on any atom is -0.0136 e. The summed E-state index contributed by atoms with van der Waals surface area (Å²) in [6.07, 6.45) is 1.29. The van der Waals surface area contributed by atoms with Crippen LogP contribution in [0.25, 0.3) is 0 Å². The second kappa shape index (κ2) is 5.19. The SMILES string of the molecule is CC(C)C[C@@H](c1ccccc1)C(C)C. The summed E-state index contributed by atoms with van der Waals surface area (Å²) in [5.74, 6) is 2.23. The van der Waals surface area contributed by atoms with Crippen LogP contribution < -0.4 is 0 Å². The lowest BCUT2D eigenvalue weighted by atomic mass is 9.82. The minimum absolute atomic E-state index is 0.719. The van der Waals surface area contributed by atoms with Crippen LogP contribution in [0.5, 0.6) is 0 Å². The van der Waals surface area contributed by atoms with Gasteiger partial charge in [0.25, 0.3) is 0 Å². The van der Waals surface area contributed by atoms with Crippen LogP contribution in [-0.2, 0) is 0 Å². The standard InChI is InChI=1S/C14H22/c1-11(2)10-14(12(3)4)13-8-6-5-7-9-13/h5-9,11-12,14H,10H2,1-4H3/t14-/m1/s1. The van der Waals surface area contributed by atoms with Crippen molar-refractivity contribution >= 4 is 0 Å².